The Kier molecular flexibility index (Phi) is 4.73. The zero-order valence-corrected chi connectivity index (χ0v) is 13.4. The van der Waals surface area contributed by atoms with E-state index in [1.165, 1.54) is 11.3 Å². The van der Waals surface area contributed by atoms with Gasteiger partial charge in [-0.25, -0.2) is 0 Å². The summed E-state index contributed by atoms with van der Waals surface area (Å²) in [4.78, 5) is 2.39. The van der Waals surface area contributed by atoms with Crippen LogP contribution in [0.2, 0.25) is 0 Å². The molecule has 22 heavy (non-hydrogen) atoms. The minimum absolute atomic E-state index is 0.548. The summed E-state index contributed by atoms with van der Waals surface area (Å²) in [5.74, 6) is 1.47. The number of nitrogens with one attached hydrogen (secondary N) is 1. The van der Waals surface area contributed by atoms with Crippen molar-refractivity contribution in [2.75, 3.05) is 18.4 Å². The lowest BCUT2D eigenvalue weighted by atomic mass is 10.0. The van der Waals surface area contributed by atoms with Crippen LogP contribution in [0.4, 0.5) is 5.69 Å². The Morgan fingerprint density at radius 2 is 2.00 bits per heavy atom. The minimum Gasteiger partial charge on any atom is -0.424 e. The highest BCUT2D eigenvalue weighted by Crippen LogP contribution is 2.18. The van der Waals surface area contributed by atoms with Crippen LogP contribution in [-0.4, -0.2) is 34.2 Å². The highest BCUT2D eigenvalue weighted by molar-refractivity contribution is 5.46. The summed E-state index contributed by atoms with van der Waals surface area (Å²) >= 11 is 0. The van der Waals surface area contributed by atoms with Crippen LogP contribution in [0.3, 0.4) is 0 Å². The third-order valence-electron chi connectivity index (χ3n) is 4.15. The van der Waals surface area contributed by atoms with Crippen molar-refractivity contribution in [2.24, 2.45) is 0 Å². The van der Waals surface area contributed by atoms with E-state index in [1.54, 1.807) is 0 Å². The van der Waals surface area contributed by atoms with Gasteiger partial charge in [-0.05, 0) is 37.5 Å². The fourth-order valence-corrected chi connectivity index (χ4v) is 2.89. The molecule has 5 heteroatoms. The second kappa shape index (κ2) is 6.92. The van der Waals surface area contributed by atoms with Crippen molar-refractivity contribution in [3.63, 3.8) is 0 Å². The van der Waals surface area contributed by atoms with Crippen LogP contribution < -0.4 is 5.32 Å². The topological polar surface area (TPSA) is 54.2 Å². The third kappa shape index (κ3) is 3.85. The van der Waals surface area contributed by atoms with Gasteiger partial charge in [0, 0.05) is 31.2 Å². The van der Waals surface area contributed by atoms with E-state index in [-0.39, 0.29) is 0 Å². The molecule has 0 amide bonds. The molecule has 1 aromatic carbocycles. The predicted octanol–water partition coefficient (Wildman–Crippen LogP) is 3.02. The number of piperidine rings is 1. The van der Waals surface area contributed by atoms with Gasteiger partial charge in [-0.15, -0.1) is 10.2 Å². The van der Waals surface area contributed by atoms with Gasteiger partial charge in [0.2, 0.25) is 11.8 Å². The van der Waals surface area contributed by atoms with Crippen molar-refractivity contribution < 1.29 is 4.42 Å². The van der Waals surface area contributed by atoms with Gasteiger partial charge < -0.3 is 9.73 Å². The maximum atomic E-state index is 5.59. The first-order valence-corrected chi connectivity index (χ1v) is 8.09. The molecule has 0 bridgehead atoms. The fourth-order valence-electron chi connectivity index (χ4n) is 2.89. The summed E-state index contributed by atoms with van der Waals surface area (Å²) in [6.45, 7) is 7.05. The number of nitrogens with zero attached hydrogens (tertiary/aromatic N) is 3. The summed E-state index contributed by atoms with van der Waals surface area (Å²) in [6, 6.07) is 9.13. The lowest BCUT2D eigenvalue weighted by Gasteiger charge is -2.32. The number of anilines is 1. The largest absolute Gasteiger partial charge is 0.424 e. The van der Waals surface area contributed by atoms with E-state index in [9.17, 15) is 0 Å². The van der Waals surface area contributed by atoms with Gasteiger partial charge >= 0.3 is 0 Å². The summed E-state index contributed by atoms with van der Waals surface area (Å²) in [5, 5.41) is 11.8. The van der Waals surface area contributed by atoms with Crippen molar-refractivity contribution in [1.29, 1.82) is 0 Å². The second-order valence-electron chi connectivity index (χ2n) is 6.01. The SMILES string of the molecule is CCc1nnc(CN2CCC(Nc3cccc(C)c3)CC2)o1. The van der Waals surface area contributed by atoms with Crippen LogP contribution in [0.5, 0.6) is 0 Å². The molecule has 0 atom stereocenters. The average Bonchev–Trinajstić information content (AvgIpc) is 2.97. The number of hydrogen-bond acceptors (Lipinski definition) is 5. The third-order valence-corrected chi connectivity index (χ3v) is 4.15. The molecule has 0 saturated carbocycles. The van der Waals surface area contributed by atoms with Crippen molar-refractivity contribution in [1.82, 2.24) is 15.1 Å². The summed E-state index contributed by atoms with van der Waals surface area (Å²) in [6.07, 6.45) is 3.08. The van der Waals surface area contributed by atoms with Gasteiger partial charge in [-0.1, -0.05) is 19.1 Å². The Morgan fingerprint density at radius 1 is 1.23 bits per heavy atom. The normalized spacial score (nSPS) is 16.8. The van der Waals surface area contributed by atoms with Crippen molar-refractivity contribution in [3.8, 4) is 0 Å². The van der Waals surface area contributed by atoms with E-state index >= 15 is 0 Å². The quantitative estimate of drug-likeness (QED) is 0.920. The molecule has 0 spiro atoms. The molecule has 2 aromatic rings. The van der Waals surface area contributed by atoms with Gasteiger partial charge in [0.1, 0.15) is 0 Å². The Hall–Kier alpha value is -1.88. The van der Waals surface area contributed by atoms with Gasteiger partial charge in [0.15, 0.2) is 0 Å². The molecule has 1 N–H and O–H groups in total. The van der Waals surface area contributed by atoms with Crippen LogP contribution in [0.1, 0.15) is 37.1 Å². The number of benzene rings is 1. The molecule has 118 valence electrons. The van der Waals surface area contributed by atoms with E-state index < -0.39 is 0 Å². The van der Waals surface area contributed by atoms with Crippen molar-refractivity contribution >= 4 is 5.69 Å². The number of aryl methyl sites for hydroxylation is 2. The maximum Gasteiger partial charge on any atom is 0.230 e. The second-order valence-corrected chi connectivity index (χ2v) is 6.01. The number of likely N-dealkylation sites (tertiary alicyclic amines) is 1. The summed E-state index contributed by atoms with van der Waals surface area (Å²) in [7, 11) is 0. The molecule has 3 rings (SSSR count). The fraction of sp³-hybridized carbons (Fsp3) is 0.529. The van der Waals surface area contributed by atoms with Crippen LogP contribution in [-0.2, 0) is 13.0 Å². The highest BCUT2D eigenvalue weighted by atomic mass is 16.4. The van der Waals surface area contributed by atoms with Crippen LogP contribution in [0.15, 0.2) is 28.7 Å². The van der Waals surface area contributed by atoms with Gasteiger partial charge in [0.25, 0.3) is 0 Å². The standard InChI is InChI=1S/C17H24N4O/c1-3-16-19-20-17(22-16)12-21-9-7-14(8-10-21)18-15-6-4-5-13(2)11-15/h4-6,11,14,18H,3,7-10,12H2,1-2H3. The molecular formula is C17H24N4O. The first-order valence-electron chi connectivity index (χ1n) is 8.09. The van der Waals surface area contributed by atoms with Gasteiger partial charge in [0.05, 0.1) is 6.54 Å². The molecule has 1 aromatic heterocycles. The first kappa shape index (κ1) is 15.0. The maximum absolute atomic E-state index is 5.59. The van der Waals surface area contributed by atoms with E-state index in [0.717, 1.165) is 50.7 Å². The Morgan fingerprint density at radius 3 is 2.68 bits per heavy atom. The summed E-state index contributed by atoms with van der Waals surface area (Å²) in [5.41, 5.74) is 2.52. The van der Waals surface area contributed by atoms with Gasteiger partial charge in [-0.3, -0.25) is 4.90 Å². The molecule has 1 aliphatic heterocycles. The number of aromatic nitrogens is 2. The molecular weight excluding hydrogens is 276 g/mol. The molecule has 1 saturated heterocycles. The molecule has 0 radical (unpaired) electrons. The van der Waals surface area contributed by atoms with Crippen LogP contribution in [0.25, 0.3) is 0 Å². The Balaban J connectivity index is 1.47. The first-order chi connectivity index (χ1) is 10.7. The van der Waals surface area contributed by atoms with Crippen molar-refractivity contribution in [2.45, 2.75) is 45.7 Å². The predicted molar refractivity (Wildman–Crippen MR) is 86.8 cm³/mol. The molecule has 0 unspecified atom stereocenters. The zero-order chi connectivity index (χ0) is 15.4. The zero-order valence-electron chi connectivity index (χ0n) is 13.4. The smallest absolute Gasteiger partial charge is 0.230 e. The molecule has 1 fully saturated rings. The highest BCUT2D eigenvalue weighted by Gasteiger charge is 2.20. The van der Waals surface area contributed by atoms with E-state index in [0.29, 0.717) is 6.04 Å². The molecule has 2 heterocycles. The van der Waals surface area contributed by atoms with E-state index in [1.807, 2.05) is 6.92 Å². The van der Waals surface area contributed by atoms with Crippen molar-refractivity contribution in [3.05, 3.63) is 41.6 Å². The lowest BCUT2D eigenvalue weighted by Crippen LogP contribution is -2.38. The Bertz CT molecular complexity index is 602. The number of rotatable bonds is 5. The van der Waals surface area contributed by atoms with E-state index in [4.69, 9.17) is 4.42 Å². The van der Waals surface area contributed by atoms with Crippen LogP contribution in [0, 0.1) is 6.92 Å². The molecule has 0 aliphatic carbocycles. The minimum atomic E-state index is 0.548. The van der Waals surface area contributed by atoms with Crippen LogP contribution >= 0.6 is 0 Å². The Labute approximate surface area is 131 Å². The number of hydrogen-bond donors (Lipinski definition) is 1. The summed E-state index contributed by atoms with van der Waals surface area (Å²) < 4.78 is 5.59. The van der Waals surface area contributed by atoms with E-state index in [2.05, 4.69) is 51.6 Å². The lowest BCUT2D eigenvalue weighted by molar-refractivity contribution is 0.192. The average molecular weight is 300 g/mol. The van der Waals surface area contributed by atoms with Gasteiger partial charge in [-0.2, -0.15) is 0 Å². The molecule has 5 nitrogen and oxygen atoms in total. The molecule has 1 aliphatic rings. The monoisotopic (exact) mass is 300 g/mol.